The van der Waals surface area contributed by atoms with E-state index in [1.165, 1.54) is 22.5 Å². The van der Waals surface area contributed by atoms with Crippen LogP contribution in [0.1, 0.15) is 22.9 Å². The molecule has 1 amide bonds. The molecule has 0 bridgehead atoms. The van der Waals surface area contributed by atoms with E-state index in [2.05, 4.69) is 33.8 Å². The molecule has 0 aliphatic carbocycles. The maximum Gasteiger partial charge on any atom is 0.226 e. The van der Waals surface area contributed by atoms with Crippen LogP contribution in [-0.2, 0) is 17.6 Å². The van der Waals surface area contributed by atoms with E-state index >= 15 is 0 Å². The van der Waals surface area contributed by atoms with Gasteiger partial charge in [-0.2, -0.15) is 0 Å². The Kier molecular flexibility index (Phi) is 7.86. The Morgan fingerprint density at radius 1 is 1.30 bits per heavy atom. The number of furan rings is 1. The number of nitrogens with zero attached hydrogens (tertiary/aromatic N) is 1. The Balaban J connectivity index is 0.00000131. The number of fused-ring (bicyclic) bond motifs is 1. The van der Waals surface area contributed by atoms with Crippen LogP contribution < -0.4 is 10.6 Å². The molecule has 27 heavy (non-hydrogen) atoms. The molecule has 5 nitrogen and oxygen atoms in total. The van der Waals surface area contributed by atoms with Crippen molar-refractivity contribution in [2.75, 3.05) is 13.1 Å². The van der Waals surface area contributed by atoms with Crippen LogP contribution in [0, 0.1) is 0 Å². The van der Waals surface area contributed by atoms with E-state index in [1.54, 1.807) is 12.5 Å². The molecule has 0 fully saturated rings. The Morgan fingerprint density at radius 3 is 2.96 bits per heavy atom. The van der Waals surface area contributed by atoms with Crippen LogP contribution in [0.4, 0.5) is 0 Å². The smallest absolute Gasteiger partial charge is 0.226 e. The maximum atomic E-state index is 12.3. The number of carbonyl (C=O) groups excluding carboxylic acids is 1. The highest BCUT2D eigenvalue weighted by Gasteiger charge is 2.19. The molecule has 0 saturated heterocycles. The van der Waals surface area contributed by atoms with E-state index in [1.807, 2.05) is 17.5 Å². The first-order valence-corrected chi connectivity index (χ1v) is 9.22. The van der Waals surface area contributed by atoms with E-state index in [4.69, 9.17) is 4.42 Å². The zero-order valence-electron chi connectivity index (χ0n) is 14.5. The first-order chi connectivity index (χ1) is 12.3. The molecule has 1 aliphatic heterocycles. The van der Waals surface area contributed by atoms with Gasteiger partial charge in [0, 0.05) is 23.5 Å². The first-order valence-electron chi connectivity index (χ1n) is 8.34. The second-order valence-electron chi connectivity index (χ2n) is 6.09. The first kappa shape index (κ1) is 21.4. The SMILES string of the molecule is Cl.Cl.O=C(Cc1csc(-c2ccoc2)n1)NCC1NCCc2ccccc21. The minimum atomic E-state index is -0.00565. The molecule has 2 aromatic heterocycles. The number of benzene rings is 1. The van der Waals surface area contributed by atoms with Crippen molar-refractivity contribution in [2.24, 2.45) is 0 Å². The van der Waals surface area contributed by atoms with Crippen LogP contribution in [0.5, 0.6) is 0 Å². The number of halogens is 2. The highest BCUT2D eigenvalue weighted by molar-refractivity contribution is 7.13. The minimum Gasteiger partial charge on any atom is -0.472 e. The molecule has 4 rings (SSSR count). The zero-order valence-corrected chi connectivity index (χ0v) is 17.0. The van der Waals surface area contributed by atoms with Crippen molar-refractivity contribution >= 4 is 42.1 Å². The Hall–Kier alpha value is -1.86. The van der Waals surface area contributed by atoms with Crippen molar-refractivity contribution in [1.29, 1.82) is 0 Å². The van der Waals surface area contributed by atoms with E-state index < -0.39 is 0 Å². The van der Waals surface area contributed by atoms with Gasteiger partial charge in [-0.3, -0.25) is 4.79 Å². The fraction of sp³-hybridized carbons (Fsp3) is 0.263. The van der Waals surface area contributed by atoms with E-state index in [-0.39, 0.29) is 36.8 Å². The van der Waals surface area contributed by atoms with Gasteiger partial charge < -0.3 is 15.1 Å². The van der Waals surface area contributed by atoms with Gasteiger partial charge in [-0.25, -0.2) is 4.98 Å². The number of hydrogen-bond acceptors (Lipinski definition) is 5. The van der Waals surface area contributed by atoms with Gasteiger partial charge in [-0.15, -0.1) is 36.2 Å². The van der Waals surface area contributed by atoms with Crippen LogP contribution in [0.15, 0.2) is 52.7 Å². The van der Waals surface area contributed by atoms with Crippen molar-refractivity contribution in [3.8, 4) is 10.6 Å². The molecule has 1 aromatic carbocycles. The largest absolute Gasteiger partial charge is 0.472 e. The lowest BCUT2D eigenvalue weighted by atomic mass is 9.94. The Labute approximate surface area is 174 Å². The predicted molar refractivity (Wildman–Crippen MR) is 112 cm³/mol. The van der Waals surface area contributed by atoms with Crippen molar-refractivity contribution in [3.63, 3.8) is 0 Å². The highest BCUT2D eigenvalue weighted by Crippen LogP contribution is 2.24. The zero-order chi connectivity index (χ0) is 17.1. The van der Waals surface area contributed by atoms with E-state index in [0.717, 1.165) is 29.2 Å². The Bertz CT molecular complexity index is 867. The second-order valence-corrected chi connectivity index (χ2v) is 6.95. The lowest BCUT2D eigenvalue weighted by molar-refractivity contribution is -0.120. The van der Waals surface area contributed by atoms with Crippen molar-refractivity contribution in [1.82, 2.24) is 15.6 Å². The summed E-state index contributed by atoms with van der Waals surface area (Å²) in [6.07, 6.45) is 4.62. The molecule has 1 aliphatic rings. The summed E-state index contributed by atoms with van der Waals surface area (Å²) in [6.45, 7) is 1.53. The van der Waals surface area contributed by atoms with Crippen molar-refractivity contribution < 1.29 is 9.21 Å². The molecule has 0 saturated carbocycles. The quantitative estimate of drug-likeness (QED) is 0.652. The van der Waals surface area contributed by atoms with Gasteiger partial charge in [0.2, 0.25) is 5.91 Å². The number of amides is 1. The van der Waals surface area contributed by atoms with Crippen LogP contribution in [0.25, 0.3) is 10.6 Å². The maximum absolute atomic E-state index is 12.3. The third kappa shape index (κ3) is 5.11. The fourth-order valence-electron chi connectivity index (χ4n) is 3.12. The van der Waals surface area contributed by atoms with E-state index in [9.17, 15) is 4.79 Å². The molecule has 2 N–H and O–H groups in total. The lowest BCUT2D eigenvalue weighted by Gasteiger charge is -2.27. The molecule has 1 atom stereocenters. The number of thiazole rings is 1. The molecule has 3 heterocycles. The van der Waals surface area contributed by atoms with Gasteiger partial charge in [0.05, 0.1) is 18.4 Å². The Morgan fingerprint density at radius 2 is 2.15 bits per heavy atom. The third-order valence-corrected chi connectivity index (χ3v) is 5.32. The summed E-state index contributed by atoms with van der Waals surface area (Å²) in [4.78, 5) is 16.8. The normalized spacial score (nSPS) is 15.2. The summed E-state index contributed by atoms with van der Waals surface area (Å²) >= 11 is 1.52. The number of aromatic nitrogens is 1. The topological polar surface area (TPSA) is 67.2 Å². The number of hydrogen-bond donors (Lipinski definition) is 2. The van der Waals surface area contributed by atoms with Crippen LogP contribution in [0.3, 0.4) is 0 Å². The standard InChI is InChI=1S/C19H19N3O2S.2ClH/c23-18(9-15-12-25-19(22-15)14-6-8-24-11-14)21-10-17-16-4-2-1-3-13(16)5-7-20-17;;/h1-4,6,8,11-12,17,20H,5,7,9-10H2,(H,21,23);2*1H. The van der Waals surface area contributed by atoms with Gasteiger partial charge in [0.15, 0.2) is 0 Å². The van der Waals surface area contributed by atoms with Gasteiger partial charge in [0.1, 0.15) is 11.3 Å². The average molecular weight is 426 g/mol. The van der Waals surface area contributed by atoms with Gasteiger partial charge in [-0.1, -0.05) is 24.3 Å². The highest BCUT2D eigenvalue weighted by atomic mass is 35.5. The number of carbonyl (C=O) groups is 1. The molecule has 1 unspecified atom stereocenters. The second kappa shape index (κ2) is 9.90. The van der Waals surface area contributed by atoms with Gasteiger partial charge >= 0.3 is 0 Å². The lowest BCUT2D eigenvalue weighted by Crippen LogP contribution is -2.39. The van der Waals surface area contributed by atoms with Crippen LogP contribution in [0.2, 0.25) is 0 Å². The summed E-state index contributed by atoms with van der Waals surface area (Å²) < 4.78 is 5.07. The van der Waals surface area contributed by atoms with Gasteiger partial charge in [0.25, 0.3) is 0 Å². The molecule has 0 spiro atoms. The monoisotopic (exact) mass is 425 g/mol. The molecule has 3 aromatic rings. The van der Waals surface area contributed by atoms with Crippen LogP contribution >= 0.6 is 36.2 Å². The summed E-state index contributed by atoms with van der Waals surface area (Å²) in [5.74, 6) is -0.00565. The number of nitrogens with one attached hydrogen (secondary N) is 2. The summed E-state index contributed by atoms with van der Waals surface area (Å²) in [5.41, 5.74) is 4.38. The van der Waals surface area contributed by atoms with Crippen LogP contribution in [-0.4, -0.2) is 24.0 Å². The summed E-state index contributed by atoms with van der Waals surface area (Å²) in [7, 11) is 0. The molecular weight excluding hydrogens is 405 g/mol. The molecular formula is C19H21Cl2N3O2S. The molecule has 0 radical (unpaired) electrons. The fourth-order valence-corrected chi connectivity index (χ4v) is 3.93. The average Bonchev–Trinajstić information content (AvgIpc) is 3.31. The van der Waals surface area contributed by atoms with Crippen molar-refractivity contribution in [3.05, 3.63) is 65.1 Å². The minimum absolute atomic E-state index is 0. The van der Waals surface area contributed by atoms with Gasteiger partial charge in [-0.05, 0) is 30.2 Å². The van der Waals surface area contributed by atoms with Crippen molar-refractivity contribution in [2.45, 2.75) is 18.9 Å². The third-order valence-electron chi connectivity index (χ3n) is 4.38. The molecule has 144 valence electrons. The molecule has 8 heteroatoms. The summed E-state index contributed by atoms with van der Waals surface area (Å²) in [5, 5.41) is 9.31. The number of rotatable bonds is 5. The van der Waals surface area contributed by atoms with E-state index in [0.29, 0.717) is 13.0 Å². The predicted octanol–water partition coefficient (Wildman–Crippen LogP) is 3.79. The summed E-state index contributed by atoms with van der Waals surface area (Å²) in [6, 6.07) is 10.5.